The maximum Gasteiger partial charge on any atom is 0.418 e. The summed E-state index contributed by atoms with van der Waals surface area (Å²) in [6.07, 6.45) is 3.37. The van der Waals surface area contributed by atoms with Gasteiger partial charge in [-0.2, -0.15) is 4.89 Å². The van der Waals surface area contributed by atoms with Crippen molar-refractivity contribution < 1.29 is 28.8 Å². The van der Waals surface area contributed by atoms with E-state index in [1.165, 1.54) is 6.08 Å². The van der Waals surface area contributed by atoms with Crippen LogP contribution in [0.3, 0.4) is 0 Å². The fourth-order valence-corrected chi connectivity index (χ4v) is 2.97. The molecule has 3 rings (SSSR count). The van der Waals surface area contributed by atoms with E-state index in [4.69, 9.17) is 19.2 Å². The molecule has 2 fully saturated rings. The van der Waals surface area contributed by atoms with Crippen LogP contribution in [0, 0.1) is 0 Å². The number of hydrogen-bond donors (Lipinski definition) is 0. The van der Waals surface area contributed by atoms with Gasteiger partial charge in [-0.25, -0.2) is 14.6 Å². The Balaban J connectivity index is 1.85. The third-order valence-corrected chi connectivity index (χ3v) is 3.96. The molecule has 2 bridgehead atoms. The SMILES string of the molecule is CC(C)(C)OC(=O)N1C(=O)C=C[C@H]1C12CC(C)(CCO1)OO2. The second kappa shape index (κ2) is 4.78. The van der Waals surface area contributed by atoms with E-state index in [0.29, 0.717) is 19.4 Å². The van der Waals surface area contributed by atoms with E-state index in [1.54, 1.807) is 26.8 Å². The van der Waals surface area contributed by atoms with Crippen LogP contribution in [0.15, 0.2) is 12.2 Å². The molecule has 3 heterocycles. The summed E-state index contributed by atoms with van der Waals surface area (Å²) in [5.41, 5.74) is -1.16. The quantitative estimate of drug-likeness (QED) is 0.689. The molecule has 7 heteroatoms. The van der Waals surface area contributed by atoms with Crippen LogP contribution in [0.2, 0.25) is 0 Å². The van der Waals surface area contributed by atoms with Crippen molar-refractivity contribution in [2.24, 2.45) is 0 Å². The van der Waals surface area contributed by atoms with Gasteiger partial charge in [0, 0.05) is 18.9 Å². The maximum absolute atomic E-state index is 12.4. The molecule has 3 atom stereocenters. The van der Waals surface area contributed by atoms with E-state index >= 15 is 0 Å². The fraction of sp³-hybridized carbons (Fsp3) is 0.733. The molecular formula is C15H21NO6. The first kappa shape index (κ1) is 15.5. The van der Waals surface area contributed by atoms with Crippen molar-refractivity contribution in [2.75, 3.05) is 6.61 Å². The number of fused-ring (bicyclic) bond motifs is 2. The number of imide groups is 1. The van der Waals surface area contributed by atoms with Gasteiger partial charge >= 0.3 is 6.09 Å². The van der Waals surface area contributed by atoms with E-state index in [0.717, 1.165) is 4.90 Å². The van der Waals surface area contributed by atoms with Gasteiger partial charge < -0.3 is 9.47 Å². The monoisotopic (exact) mass is 311 g/mol. The normalized spacial score (nSPS) is 37.7. The fourth-order valence-electron chi connectivity index (χ4n) is 2.97. The summed E-state index contributed by atoms with van der Waals surface area (Å²) < 4.78 is 11.1. The van der Waals surface area contributed by atoms with Gasteiger partial charge in [0.15, 0.2) is 0 Å². The van der Waals surface area contributed by atoms with Gasteiger partial charge in [0.05, 0.1) is 6.61 Å². The highest BCUT2D eigenvalue weighted by Crippen LogP contribution is 2.47. The molecular weight excluding hydrogens is 290 g/mol. The Labute approximate surface area is 129 Å². The standard InChI is InChI=1S/C15H21NO6/c1-13(2,3)20-12(18)16-10(5-6-11(16)17)15-9-14(4,21-22-15)7-8-19-15/h5-6,10H,7-9H2,1-4H3/t10-,14?,15?/m0/s1. The number of carbonyl (C=O) groups is 2. The molecule has 3 aliphatic heterocycles. The summed E-state index contributed by atoms with van der Waals surface area (Å²) in [6, 6.07) is -0.697. The summed E-state index contributed by atoms with van der Waals surface area (Å²) >= 11 is 0. The zero-order valence-electron chi connectivity index (χ0n) is 13.3. The molecule has 0 aliphatic carbocycles. The first-order chi connectivity index (χ1) is 10.1. The Morgan fingerprint density at radius 1 is 1.41 bits per heavy atom. The van der Waals surface area contributed by atoms with Crippen LogP contribution in [-0.4, -0.2) is 46.5 Å². The van der Waals surface area contributed by atoms with Crippen LogP contribution in [0.4, 0.5) is 4.79 Å². The average Bonchev–Trinajstić information content (AvgIpc) is 2.87. The number of rotatable bonds is 1. The van der Waals surface area contributed by atoms with Gasteiger partial charge in [0.1, 0.15) is 17.2 Å². The van der Waals surface area contributed by atoms with Crippen molar-refractivity contribution >= 4 is 12.0 Å². The van der Waals surface area contributed by atoms with E-state index in [2.05, 4.69) is 0 Å². The number of nitrogens with zero attached hydrogens (tertiary/aromatic N) is 1. The number of hydrogen-bond acceptors (Lipinski definition) is 6. The summed E-state index contributed by atoms with van der Waals surface area (Å²) in [6.45, 7) is 7.60. The van der Waals surface area contributed by atoms with E-state index in [-0.39, 0.29) is 0 Å². The average molecular weight is 311 g/mol. The molecule has 0 radical (unpaired) electrons. The molecule has 3 aliphatic rings. The number of ether oxygens (including phenoxy) is 2. The van der Waals surface area contributed by atoms with Crippen molar-refractivity contribution in [3.05, 3.63) is 12.2 Å². The van der Waals surface area contributed by atoms with Crippen LogP contribution in [-0.2, 0) is 24.0 Å². The van der Waals surface area contributed by atoms with Crippen molar-refractivity contribution in [3.63, 3.8) is 0 Å². The maximum atomic E-state index is 12.4. The van der Waals surface area contributed by atoms with Gasteiger partial charge in [-0.3, -0.25) is 4.79 Å². The Bertz CT molecular complexity index is 539. The minimum atomic E-state index is -1.16. The Morgan fingerprint density at radius 2 is 2.14 bits per heavy atom. The van der Waals surface area contributed by atoms with Crippen molar-refractivity contribution in [1.29, 1.82) is 0 Å². The Morgan fingerprint density at radius 3 is 2.82 bits per heavy atom. The van der Waals surface area contributed by atoms with Gasteiger partial charge in [-0.15, -0.1) is 0 Å². The molecule has 0 aromatic heterocycles. The lowest BCUT2D eigenvalue weighted by molar-refractivity contribution is -0.391. The minimum absolute atomic E-state index is 0.442. The third kappa shape index (κ3) is 2.53. The predicted molar refractivity (Wildman–Crippen MR) is 74.5 cm³/mol. The molecule has 2 unspecified atom stereocenters. The molecule has 0 spiro atoms. The molecule has 0 aromatic carbocycles. The van der Waals surface area contributed by atoms with E-state index < -0.39 is 35.0 Å². The second-order valence-corrected chi connectivity index (χ2v) is 7.20. The van der Waals surface area contributed by atoms with Crippen LogP contribution in [0.1, 0.15) is 40.5 Å². The van der Waals surface area contributed by atoms with Gasteiger partial charge in [0.25, 0.3) is 5.91 Å². The first-order valence-corrected chi connectivity index (χ1v) is 7.39. The lowest BCUT2D eigenvalue weighted by atomic mass is 9.87. The van der Waals surface area contributed by atoms with Crippen molar-refractivity contribution in [2.45, 2.75) is 63.6 Å². The molecule has 22 heavy (non-hydrogen) atoms. The highest BCUT2D eigenvalue weighted by atomic mass is 17.3. The zero-order chi connectivity index (χ0) is 16.2. The van der Waals surface area contributed by atoms with Crippen molar-refractivity contribution in [3.8, 4) is 0 Å². The molecule has 2 saturated heterocycles. The van der Waals surface area contributed by atoms with E-state index in [9.17, 15) is 9.59 Å². The molecule has 0 aromatic rings. The van der Waals surface area contributed by atoms with Crippen LogP contribution in [0.25, 0.3) is 0 Å². The summed E-state index contributed by atoms with van der Waals surface area (Å²) in [7, 11) is 0. The number of carbonyl (C=O) groups excluding carboxylic acids is 2. The van der Waals surface area contributed by atoms with E-state index in [1.807, 2.05) is 6.92 Å². The highest BCUT2D eigenvalue weighted by molar-refractivity contribution is 6.01. The largest absolute Gasteiger partial charge is 0.443 e. The number of amides is 2. The Hall–Kier alpha value is -1.44. The van der Waals surface area contributed by atoms with Gasteiger partial charge in [-0.1, -0.05) is 6.08 Å². The first-order valence-electron chi connectivity index (χ1n) is 7.39. The lowest BCUT2D eigenvalue weighted by Gasteiger charge is -2.38. The highest BCUT2D eigenvalue weighted by Gasteiger charge is 2.61. The molecule has 0 saturated carbocycles. The summed E-state index contributed by atoms with van der Waals surface area (Å²) in [5, 5.41) is 0. The van der Waals surface area contributed by atoms with Crippen LogP contribution >= 0.6 is 0 Å². The smallest absolute Gasteiger partial charge is 0.418 e. The lowest BCUT2D eigenvalue weighted by Crippen LogP contribution is -2.57. The zero-order valence-corrected chi connectivity index (χ0v) is 13.3. The van der Waals surface area contributed by atoms with Gasteiger partial charge in [0.2, 0.25) is 5.79 Å². The Kier molecular flexibility index (Phi) is 3.36. The molecule has 7 nitrogen and oxygen atoms in total. The molecule has 2 amide bonds. The third-order valence-electron chi connectivity index (χ3n) is 3.96. The summed E-state index contributed by atoms with van der Waals surface area (Å²) in [4.78, 5) is 36.3. The minimum Gasteiger partial charge on any atom is -0.443 e. The van der Waals surface area contributed by atoms with Crippen LogP contribution < -0.4 is 0 Å². The van der Waals surface area contributed by atoms with Gasteiger partial charge in [-0.05, 0) is 27.7 Å². The van der Waals surface area contributed by atoms with Crippen LogP contribution in [0.5, 0.6) is 0 Å². The second-order valence-electron chi connectivity index (χ2n) is 7.20. The molecule has 122 valence electrons. The predicted octanol–water partition coefficient (Wildman–Crippen LogP) is 1.92. The summed E-state index contributed by atoms with van der Waals surface area (Å²) in [5.74, 6) is -1.60. The topological polar surface area (TPSA) is 74.3 Å². The molecule has 0 N–H and O–H groups in total. The van der Waals surface area contributed by atoms with Crippen molar-refractivity contribution in [1.82, 2.24) is 4.90 Å².